The first-order valence-electron chi connectivity index (χ1n) is 6.01. The van der Waals surface area contributed by atoms with Crippen molar-refractivity contribution in [2.45, 2.75) is 32.9 Å². The number of aromatic nitrogens is 1. The number of fused-ring (bicyclic) bond motifs is 1. The average Bonchev–Trinajstić information content (AvgIpc) is 2.60. The van der Waals surface area contributed by atoms with Crippen LogP contribution in [0.2, 0.25) is 0 Å². The second-order valence-electron chi connectivity index (χ2n) is 5.52. The van der Waals surface area contributed by atoms with Gasteiger partial charge in [0.2, 0.25) is 5.91 Å². The van der Waals surface area contributed by atoms with Crippen LogP contribution in [-0.4, -0.2) is 16.0 Å². The molecular formula is C14H19N3O. The van der Waals surface area contributed by atoms with E-state index in [1.807, 2.05) is 55.8 Å². The fourth-order valence-electron chi connectivity index (χ4n) is 2.00. The summed E-state index contributed by atoms with van der Waals surface area (Å²) in [5.74, 6) is 0.00224. The van der Waals surface area contributed by atoms with E-state index >= 15 is 0 Å². The van der Waals surface area contributed by atoms with Crippen molar-refractivity contribution in [1.82, 2.24) is 9.88 Å². The minimum absolute atomic E-state index is 0.00224. The number of hydrogen-bond donors (Lipinski definition) is 2. The van der Waals surface area contributed by atoms with Gasteiger partial charge in [0, 0.05) is 22.8 Å². The van der Waals surface area contributed by atoms with Gasteiger partial charge in [-0.3, -0.25) is 4.79 Å². The van der Waals surface area contributed by atoms with Crippen LogP contribution >= 0.6 is 0 Å². The minimum Gasteiger partial charge on any atom is -0.398 e. The minimum atomic E-state index is -0.209. The quantitative estimate of drug-likeness (QED) is 0.796. The lowest BCUT2D eigenvalue weighted by molar-refractivity contribution is -0.123. The summed E-state index contributed by atoms with van der Waals surface area (Å²) in [5, 5.41) is 3.93. The van der Waals surface area contributed by atoms with E-state index in [1.54, 1.807) is 0 Å². The molecule has 0 aliphatic rings. The molecule has 3 N–H and O–H groups in total. The highest BCUT2D eigenvalue weighted by Gasteiger charge is 2.14. The van der Waals surface area contributed by atoms with Crippen molar-refractivity contribution < 1.29 is 4.79 Å². The monoisotopic (exact) mass is 245 g/mol. The van der Waals surface area contributed by atoms with E-state index in [2.05, 4.69) is 5.32 Å². The van der Waals surface area contributed by atoms with Gasteiger partial charge >= 0.3 is 0 Å². The van der Waals surface area contributed by atoms with Crippen LogP contribution in [0, 0.1) is 0 Å². The molecule has 0 saturated carbocycles. The van der Waals surface area contributed by atoms with E-state index in [4.69, 9.17) is 5.73 Å². The van der Waals surface area contributed by atoms with Crippen LogP contribution in [0.3, 0.4) is 0 Å². The summed E-state index contributed by atoms with van der Waals surface area (Å²) in [6.07, 6.45) is 1.89. The molecule has 0 unspecified atom stereocenters. The normalized spacial score (nSPS) is 11.7. The summed E-state index contributed by atoms with van der Waals surface area (Å²) in [6.45, 7) is 6.22. The maximum Gasteiger partial charge on any atom is 0.240 e. The Balaban J connectivity index is 2.23. The maximum absolute atomic E-state index is 11.9. The number of hydrogen-bond acceptors (Lipinski definition) is 2. The van der Waals surface area contributed by atoms with Crippen molar-refractivity contribution in [2.24, 2.45) is 0 Å². The Labute approximate surface area is 107 Å². The molecular weight excluding hydrogens is 226 g/mol. The third kappa shape index (κ3) is 2.64. The van der Waals surface area contributed by atoms with E-state index in [0.717, 1.165) is 16.6 Å². The first-order valence-corrected chi connectivity index (χ1v) is 6.01. The maximum atomic E-state index is 11.9. The average molecular weight is 245 g/mol. The van der Waals surface area contributed by atoms with Crippen LogP contribution in [0.15, 0.2) is 30.5 Å². The molecule has 1 aromatic heterocycles. The molecule has 1 amide bonds. The van der Waals surface area contributed by atoms with Crippen molar-refractivity contribution in [1.29, 1.82) is 0 Å². The number of benzene rings is 1. The molecule has 0 saturated heterocycles. The molecule has 0 aliphatic heterocycles. The Kier molecular flexibility index (Phi) is 3.03. The molecule has 0 radical (unpaired) electrons. The second kappa shape index (κ2) is 4.37. The van der Waals surface area contributed by atoms with E-state index in [-0.39, 0.29) is 11.4 Å². The van der Waals surface area contributed by atoms with Crippen LogP contribution in [0.1, 0.15) is 20.8 Å². The highest BCUT2D eigenvalue weighted by molar-refractivity contribution is 5.92. The number of carbonyl (C=O) groups is 1. The van der Waals surface area contributed by atoms with Gasteiger partial charge in [-0.1, -0.05) is 6.07 Å². The van der Waals surface area contributed by atoms with Crippen LogP contribution in [0.25, 0.3) is 10.9 Å². The van der Waals surface area contributed by atoms with Gasteiger partial charge in [0.1, 0.15) is 6.54 Å². The summed E-state index contributed by atoms with van der Waals surface area (Å²) in [5.41, 5.74) is 7.40. The number of nitrogens with zero attached hydrogens (tertiary/aromatic N) is 1. The zero-order valence-electron chi connectivity index (χ0n) is 11.0. The molecule has 0 spiro atoms. The van der Waals surface area contributed by atoms with Crippen molar-refractivity contribution in [3.8, 4) is 0 Å². The number of amides is 1. The zero-order valence-corrected chi connectivity index (χ0v) is 11.0. The van der Waals surface area contributed by atoms with E-state index in [1.165, 1.54) is 0 Å². The second-order valence-corrected chi connectivity index (χ2v) is 5.52. The number of carbonyl (C=O) groups excluding carboxylic acids is 1. The highest BCUT2D eigenvalue weighted by Crippen LogP contribution is 2.21. The molecule has 1 heterocycles. The number of nitrogen functional groups attached to an aromatic ring is 1. The number of anilines is 1. The van der Waals surface area contributed by atoms with Gasteiger partial charge in [0.15, 0.2) is 0 Å². The molecule has 2 rings (SSSR count). The van der Waals surface area contributed by atoms with Gasteiger partial charge in [-0.05, 0) is 39.0 Å². The van der Waals surface area contributed by atoms with Crippen molar-refractivity contribution in [3.63, 3.8) is 0 Å². The predicted octanol–water partition coefficient (Wildman–Crippen LogP) is 2.14. The van der Waals surface area contributed by atoms with Crippen LogP contribution in [-0.2, 0) is 11.3 Å². The SMILES string of the molecule is CC(C)(C)NC(=O)Cn1ccc2c(N)cccc21. The topological polar surface area (TPSA) is 60.0 Å². The molecule has 0 bridgehead atoms. The molecule has 1 aromatic carbocycles. The first kappa shape index (κ1) is 12.5. The lowest BCUT2D eigenvalue weighted by atomic mass is 10.1. The van der Waals surface area contributed by atoms with Crippen LogP contribution in [0.5, 0.6) is 0 Å². The predicted molar refractivity (Wildman–Crippen MR) is 74.2 cm³/mol. The number of nitrogens with two attached hydrogens (primary N) is 1. The smallest absolute Gasteiger partial charge is 0.240 e. The Morgan fingerprint density at radius 1 is 1.33 bits per heavy atom. The van der Waals surface area contributed by atoms with Crippen molar-refractivity contribution in [2.75, 3.05) is 5.73 Å². The molecule has 4 nitrogen and oxygen atoms in total. The Morgan fingerprint density at radius 2 is 2.06 bits per heavy atom. The van der Waals surface area contributed by atoms with E-state index in [9.17, 15) is 4.79 Å². The summed E-state index contributed by atoms with van der Waals surface area (Å²) >= 11 is 0. The van der Waals surface area contributed by atoms with Gasteiger partial charge in [-0.25, -0.2) is 0 Å². The van der Waals surface area contributed by atoms with Gasteiger partial charge in [0.05, 0.1) is 5.52 Å². The molecule has 4 heteroatoms. The Morgan fingerprint density at radius 3 is 2.72 bits per heavy atom. The molecule has 2 aromatic rings. The number of rotatable bonds is 2. The molecule has 0 fully saturated rings. The summed E-state index contributed by atoms with van der Waals surface area (Å²) in [6, 6.07) is 7.67. The third-order valence-corrected chi connectivity index (χ3v) is 2.68. The molecule has 96 valence electrons. The van der Waals surface area contributed by atoms with E-state index < -0.39 is 0 Å². The lowest BCUT2D eigenvalue weighted by Gasteiger charge is -2.20. The Hall–Kier alpha value is -1.97. The van der Waals surface area contributed by atoms with Gasteiger partial charge in [-0.15, -0.1) is 0 Å². The summed E-state index contributed by atoms with van der Waals surface area (Å²) in [7, 11) is 0. The fourth-order valence-corrected chi connectivity index (χ4v) is 2.00. The highest BCUT2D eigenvalue weighted by atomic mass is 16.2. The fraction of sp³-hybridized carbons (Fsp3) is 0.357. The van der Waals surface area contributed by atoms with Gasteiger partial charge in [-0.2, -0.15) is 0 Å². The Bertz CT molecular complexity index is 578. The van der Waals surface area contributed by atoms with Crippen molar-refractivity contribution in [3.05, 3.63) is 30.5 Å². The molecule has 18 heavy (non-hydrogen) atoms. The van der Waals surface area contributed by atoms with E-state index in [0.29, 0.717) is 6.54 Å². The van der Waals surface area contributed by atoms with Crippen LogP contribution in [0.4, 0.5) is 5.69 Å². The summed E-state index contributed by atoms with van der Waals surface area (Å²) < 4.78 is 1.91. The first-order chi connectivity index (χ1) is 8.37. The van der Waals surface area contributed by atoms with Gasteiger partial charge in [0.25, 0.3) is 0 Å². The third-order valence-electron chi connectivity index (χ3n) is 2.68. The van der Waals surface area contributed by atoms with Crippen molar-refractivity contribution >= 4 is 22.5 Å². The molecule has 0 aliphatic carbocycles. The number of nitrogens with one attached hydrogen (secondary N) is 1. The van der Waals surface area contributed by atoms with Gasteiger partial charge < -0.3 is 15.6 Å². The zero-order chi connectivity index (χ0) is 13.3. The standard InChI is InChI=1S/C14H19N3O/c1-14(2,3)16-13(18)9-17-8-7-10-11(15)5-4-6-12(10)17/h4-8H,9,15H2,1-3H3,(H,16,18). The lowest BCUT2D eigenvalue weighted by Crippen LogP contribution is -2.42. The summed E-state index contributed by atoms with van der Waals surface area (Å²) in [4.78, 5) is 11.9. The van der Waals surface area contributed by atoms with Crippen LogP contribution < -0.4 is 11.1 Å². The largest absolute Gasteiger partial charge is 0.398 e. The molecule has 0 atom stereocenters.